The van der Waals surface area contributed by atoms with Crippen molar-refractivity contribution in [2.75, 3.05) is 25.2 Å². The number of aromatic nitrogens is 2. The first-order valence-corrected chi connectivity index (χ1v) is 12.9. The van der Waals surface area contributed by atoms with E-state index < -0.39 is 10.0 Å². The van der Waals surface area contributed by atoms with Crippen LogP contribution < -0.4 is 5.32 Å². The lowest BCUT2D eigenvalue weighted by Gasteiger charge is -2.17. The van der Waals surface area contributed by atoms with Gasteiger partial charge < -0.3 is 10.1 Å². The summed E-state index contributed by atoms with van der Waals surface area (Å²) in [5, 5.41) is 7.55. The van der Waals surface area contributed by atoms with Gasteiger partial charge in [-0.2, -0.15) is 9.40 Å². The number of unbranched alkanes of at least 4 members (excludes halogenated alkanes) is 1. The van der Waals surface area contributed by atoms with E-state index in [1.807, 2.05) is 31.2 Å². The molecule has 0 bridgehead atoms. The van der Waals surface area contributed by atoms with Gasteiger partial charge in [0.2, 0.25) is 10.0 Å². The number of sulfonamides is 1. The fraction of sp³-hybridized carbons (Fsp3) is 0.360. The van der Waals surface area contributed by atoms with E-state index in [9.17, 15) is 13.2 Å². The third kappa shape index (κ3) is 5.06. The van der Waals surface area contributed by atoms with E-state index >= 15 is 0 Å². The van der Waals surface area contributed by atoms with Crippen molar-refractivity contribution in [3.05, 3.63) is 65.4 Å². The van der Waals surface area contributed by atoms with Gasteiger partial charge in [0, 0.05) is 30.5 Å². The maximum absolute atomic E-state index is 13.3. The first-order valence-electron chi connectivity index (χ1n) is 11.4. The van der Waals surface area contributed by atoms with Gasteiger partial charge in [0.05, 0.1) is 17.1 Å². The average molecular weight is 483 g/mol. The second kappa shape index (κ2) is 10.1. The number of amides is 1. The Labute approximate surface area is 200 Å². The largest absolute Gasteiger partial charge is 0.364 e. The lowest BCUT2D eigenvalue weighted by molar-refractivity contribution is 0.102. The molecule has 0 unspecified atom stereocenters. The Bertz CT molecular complexity index is 1280. The minimum atomic E-state index is -3.71. The molecule has 180 valence electrons. The maximum atomic E-state index is 13.3. The van der Waals surface area contributed by atoms with Gasteiger partial charge in [0.1, 0.15) is 12.4 Å². The normalized spacial score (nSPS) is 14.4. The molecule has 3 aromatic rings. The van der Waals surface area contributed by atoms with Crippen LogP contribution in [0.15, 0.2) is 53.6 Å². The van der Waals surface area contributed by atoms with E-state index in [0.29, 0.717) is 42.2 Å². The Morgan fingerprint density at radius 3 is 2.59 bits per heavy atom. The number of nitrogens with zero attached hydrogens (tertiary/aromatic N) is 3. The Balaban J connectivity index is 1.65. The minimum absolute atomic E-state index is 0.0369. The van der Waals surface area contributed by atoms with Gasteiger partial charge in [-0.05, 0) is 38.0 Å². The summed E-state index contributed by atoms with van der Waals surface area (Å²) >= 11 is 0. The number of nitrogens with one attached hydrogen (secondary N) is 1. The Morgan fingerprint density at radius 2 is 1.91 bits per heavy atom. The molecule has 4 rings (SSSR count). The molecule has 8 nitrogen and oxygen atoms in total. The Kier molecular flexibility index (Phi) is 7.16. The summed E-state index contributed by atoms with van der Waals surface area (Å²) in [7, 11) is -3.71. The van der Waals surface area contributed by atoms with Crippen LogP contribution in [0.4, 0.5) is 5.69 Å². The Morgan fingerprint density at radius 1 is 1.15 bits per heavy atom. The van der Waals surface area contributed by atoms with Crippen molar-refractivity contribution in [2.45, 2.75) is 45.1 Å². The maximum Gasteiger partial charge on any atom is 0.259 e. The molecule has 9 heteroatoms. The smallest absolute Gasteiger partial charge is 0.259 e. The van der Waals surface area contributed by atoms with Crippen LogP contribution in [0, 0.1) is 13.8 Å². The van der Waals surface area contributed by atoms with E-state index in [1.165, 1.54) is 10.4 Å². The second-order valence-electron chi connectivity index (χ2n) is 8.53. The van der Waals surface area contributed by atoms with Gasteiger partial charge in [-0.15, -0.1) is 0 Å². The van der Waals surface area contributed by atoms with Gasteiger partial charge in [-0.25, -0.2) is 8.42 Å². The molecule has 1 amide bonds. The third-order valence-corrected chi connectivity index (χ3v) is 7.82. The summed E-state index contributed by atoms with van der Waals surface area (Å²) in [6, 6.07) is 12.8. The molecule has 0 spiro atoms. The number of hydrogen-bond donors (Lipinski definition) is 1. The number of hydrogen-bond acceptors (Lipinski definition) is 5. The fourth-order valence-electron chi connectivity index (χ4n) is 3.83. The second-order valence-corrected chi connectivity index (χ2v) is 10.4. The number of benzene rings is 2. The summed E-state index contributed by atoms with van der Waals surface area (Å²) in [6.07, 6.45) is 3.73. The molecule has 1 saturated heterocycles. The molecule has 1 aliphatic heterocycles. The highest BCUT2D eigenvalue weighted by Gasteiger charge is 2.29. The predicted molar refractivity (Wildman–Crippen MR) is 131 cm³/mol. The van der Waals surface area contributed by atoms with Gasteiger partial charge >= 0.3 is 0 Å². The summed E-state index contributed by atoms with van der Waals surface area (Å²) in [4.78, 5) is 13.5. The van der Waals surface area contributed by atoms with Crippen molar-refractivity contribution in [3.8, 4) is 11.3 Å². The van der Waals surface area contributed by atoms with Gasteiger partial charge in [0.25, 0.3) is 5.91 Å². The zero-order valence-electron chi connectivity index (χ0n) is 19.7. The van der Waals surface area contributed by atoms with Crippen molar-refractivity contribution in [1.82, 2.24) is 14.1 Å². The average Bonchev–Trinajstić information content (AvgIpc) is 3.50. The SMILES string of the molecule is CCCCn1cc(C(=O)Nc2ccc(C)c(S(=O)(=O)N3CCOC3)c2)c(-c2ccc(C)cc2)n1. The molecular weight excluding hydrogens is 452 g/mol. The van der Waals surface area contributed by atoms with Crippen LogP contribution in [-0.2, 0) is 21.3 Å². The van der Waals surface area contributed by atoms with E-state index in [1.54, 1.807) is 29.9 Å². The van der Waals surface area contributed by atoms with E-state index in [0.717, 1.165) is 24.0 Å². The standard InChI is InChI=1S/C25H30N4O4S/c1-4-5-12-28-16-22(24(27-28)20-9-6-18(2)7-10-20)25(30)26-21-11-8-19(3)23(15-21)34(31,32)29-13-14-33-17-29/h6-11,15-16H,4-5,12-14,17H2,1-3H3,(H,26,30). The van der Waals surface area contributed by atoms with Gasteiger partial charge in [0.15, 0.2) is 0 Å². The van der Waals surface area contributed by atoms with E-state index in [-0.39, 0.29) is 17.5 Å². The number of aryl methyl sites for hydroxylation is 3. The van der Waals surface area contributed by atoms with Crippen LogP contribution in [0.25, 0.3) is 11.3 Å². The number of rotatable bonds is 8. The Hall–Kier alpha value is -3.01. The van der Waals surface area contributed by atoms with Crippen molar-refractivity contribution in [2.24, 2.45) is 0 Å². The topological polar surface area (TPSA) is 93.5 Å². The quantitative estimate of drug-likeness (QED) is 0.519. The van der Waals surface area contributed by atoms with Crippen LogP contribution >= 0.6 is 0 Å². The zero-order chi connectivity index (χ0) is 24.3. The van der Waals surface area contributed by atoms with Crippen LogP contribution in [0.5, 0.6) is 0 Å². The van der Waals surface area contributed by atoms with Crippen LogP contribution in [0.3, 0.4) is 0 Å². The first kappa shape index (κ1) is 24.1. The van der Waals surface area contributed by atoms with Crippen LogP contribution in [0.2, 0.25) is 0 Å². The minimum Gasteiger partial charge on any atom is -0.364 e. The molecular formula is C25H30N4O4S. The summed E-state index contributed by atoms with van der Waals surface area (Å²) in [5.74, 6) is -0.338. The summed E-state index contributed by atoms with van der Waals surface area (Å²) in [6.45, 7) is 7.29. The highest BCUT2D eigenvalue weighted by atomic mass is 32.2. The van der Waals surface area contributed by atoms with E-state index in [4.69, 9.17) is 4.74 Å². The summed E-state index contributed by atoms with van der Waals surface area (Å²) < 4.78 is 34.4. The highest BCUT2D eigenvalue weighted by Crippen LogP contribution is 2.27. The monoisotopic (exact) mass is 482 g/mol. The van der Waals surface area contributed by atoms with Crippen molar-refractivity contribution >= 4 is 21.6 Å². The molecule has 1 N–H and O–H groups in total. The molecule has 0 radical (unpaired) electrons. The molecule has 1 aromatic heterocycles. The first-order chi connectivity index (χ1) is 16.3. The highest BCUT2D eigenvalue weighted by molar-refractivity contribution is 7.89. The molecule has 0 saturated carbocycles. The zero-order valence-corrected chi connectivity index (χ0v) is 20.6. The number of ether oxygens (including phenoxy) is 1. The molecule has 0 atom stereocenters. The number of anilines is 1. The lowest BCUT2D eigenvalue weighted by atomic mass is 10.1. The predicted octanol–water partition coefficient (Wildman–Crippen LogP) is 4.20. The molecule has 34 heavy (non-hydrogen) atoms. The van der Waals surface area contributed by atoms with E-state index in [2.05, 4.69) is 17.3 Å². The van der Waals surface area contributed by atoms with Gasteiger partial charge in [-0.1, -0.05) is 49.2 Å². The van der Waals surface area contributed by atoms with Crippen molar-refractivity contribution in [3.63, 3.8) is 0 Å². The molecule has 2 heterocycles. The molecule has 0 aliphatic carbocycles. The summed E-state index contributed by atoms with van der Waals surface area (Å²) in [5.41, 5.74) is 4.04. The van der Waals surface area contributed by atoms with Crippen LogP contribution in [-0.4, -0.2) is 48.3 Å². The molecule has 1 fully saturated rings. The number of carbonyl (C=O) groups is 1. The fourth-order valence-corrected chi connectivity index (χ4v) is 5.38. The third-order valence-electron chi connectivity index (χ3n) is 5.86. The van der Waals surface area contributed by atoms with Crippen molar-refractivity contribution < 1.29 is 17.9 Å². The number of carbonyl (C=O) groups excluding carboxylic acids is 1. The molecule has 2 aromatic carbocycles. The lowest BCUT2D eigenvalue weighted by Crippen LogP contribution is -2.29. The van der Waals surface area contributed by atoms with Crippen molar-refractivity contribution in [1.29, 1.82) is 0 Å². The van der Waals surface area contributed by atoms with Crippen LogP contribution in [0.1, 0.15) is 41.3 Å². The molecule has 1 aliphatic rings. The van der Waals surface area contributed by atoms with Gasteiger partial charge in [-0.3, -0.25) is 9.48 Å².